The summed E-state index contributed by atoms with van der Waals surface area (Å²) in [4.78, 5) is 0. The number of aliphatic hydroxyl groups excluding tert-OH is 1. The van der Waals surface area contributed by atoms with Gasteiger partial charge >= 0.3 is 0 Å². The molecule has 1 N–H and O–H groups in total. The van der Waals surface area contributed by atoms with E-state index in [1.807, 2.05) is 44.2 Å². The lowest BCUT2D eigenvalue weighted by Crippen LogP contribution is -2.05. The highest BCUT2D eigenvalue weighted by Crippen LogP contribution is 2.33. The van der Waals surface area contributed by atoms with Gasteiger partial charge in [-0.25, -0.2) is 4.39 Å². The maximum Gasteiger partial charge on any atom is 0.131 e. The van der Waals surface area contributed by atoms with Gasteiger partial charge in [0.15, 0.2) is 0 Å². The van der Waals surface area contributed by atoms with E-state index in [0.717, 1.165) is 27.6 Å². The standard InChI is InChI=1S/C19H17FO/c1-12-6-5-7-13(2)18(12)19(21)16-10-11-17(20)15-9-4-3-8-14(15)16/h3-11,19,21H,1-2H3. The molecule has 0 aliphatic carbocycles. The van der Waals surface area contributed by atoms with Crippen molar-refractivity contribution in [1.82, 2.24) is 0 Å². The zero-order valence-corrected chi connectivity index (χ0v) is 12.1. The Morgan fingerprint density at radius 1 is 0.810 bits per heavy atom. The molecule has 0 aromatic heterocycles. The molecule has 21 heavy (non-hydrogen) atoms. The highest BCUT2D eigenvalue weighted by Gasteiger charge is 2.18. The Labute approximate surface area is 123 Å². The van der Waals surface area contributed by atoms with Gasteiger partial charge in [0, 0.05) is 5.39 Å². The molecule has 0 amide bonds. The molecule has 106 valence electrons. The van der Waals surface area contributed by atoms with Crippen molar-refractivity contribution in [2.45, 2.75) is 20.0 Å². The van der Waals surface area contributed by atoms with Gasteiger partial charge in [-0.05, 0) is 47.6 Å². The van der Waals surface area contributed by atoms with Crippen molar-refractivity contribution in [3.8, 4) is 0 Å². The molecule has 0 saturated heterocycles. The average molecular weight is 280 g/mol. The SMILES string of the molecule is Cc1cccc(C)c1C(O)c1ccc(F)c2ccccc12. The summed E-state index contributed by atoms with van der Waals surface area (Å²) in [6.45, 7) is 3.97. The number of aryl methyl sites for hydroxylation is 2. The lowest BCUT2D eigenvalue weighted by Gasteiger charge is -2.19. The first-order chi connectivity index (χ1) is 10.1. The van der Waals surface area contributed by atoms with Gasteiger partial charge in [-0.3, -0.25) is 0 Å². The van der Waals surface area contributed by atoms with E-state index in [0.29, 0.717) is 5.39 Å². The Hall–Kier alpha value is -2.19. The van der Waals surface area contributed by atoms with E-state index < -0.39 is 6.10 Å². The normalized spacial score (nSPS) is 12.6. The second kappa shape index (κ2) is 5.30. The van der Waals surface area contributed by atoms with E-state index in [9.17, 15) is 9.50 Å². The third-order valence-corrected chi connectivity index (χ3v) is 4.01. The fraction of sp³-hybridized carbons (Fsp3) is 0.158. The molecule has 0 spiro atoms. The first-order valence-corrected chi connectivity index (χ1v) is 7.01. The average Bonchev–Trinajstić information content (AvgIpc) is 2.47. The molecule has 3 rings (SSSR count). The van der Waals surface area contributed by atoms with Crippen molar-refractivity contribution in [3.05, 3.63) is 82.7 Å². The van der Waals surface area contributed by atoms with Gasteiger partial charge in [-0.15, -0.1) is 0 Å². The molecule has 0 heterocycles. The summed E-state index contributed by atoms with van der Waals surface area (Å²) in [5.41, 5.74) is 3.71. The zero-order valence-electron chi connectivity index (χ0n) is 12.1. The monoisotopic (exact) mass is 280 g/mol. The first-order valence-electron chi connectivity index (χ1n) is 7.01. The summed E-state index contributed by atoms with van der Waals surface area (Å²) in [5, 5.41) is 12.1. The van der Waals surface area contributed by atoms with E-state index >= 15 is 0 Å². The number of hydrogen-bond donors (Lipinski definition) is 1. The van der Waals surface area contributed by atoms with E-state index in [2.05, 4.69) is 0 Å². The van der Waals surface area contributed by atoms with Crippen LogP contribution in [-0.4, -0.2) is 5.11 Å². The summed E-state index contributed by atoms with van der Waals surface area (Å²) in [6.07, 6.45) is -0.753. The van der Waals surface area contributed by atoms with Crippen LogP contribution in [-0.2, 0) is 0 Å². The van der Waals surface area contributed by atoms with Gasteiger partial charge in [-0.2, -0.15) is 0 Å². The van der Waals surface area contributed by atoms with Gasteiger partial charge < -0.3 is 5.11 Å². The largest absolute Gasteiger partial charge is 0.384 e. The maximum absolute atomic E-state index is 13.9. The predicted molar refractivity (Wildman–Crippen MR) is 83.9 cm³/mol. The summed E-state index contributed by atoms with van der Waals surface area (Å²) >= 11 is 0. The molecular weight excluding hydrogens is 263 g/mol. The lowest BCUT2D eigenvalue weighted by atomic mass is 9.90. The Balaban J connectivity index is 2.23. The van der Waals surface area contributed by atoms with E-state index in [1.165, 1.54) is 6.07 Å². The molecule has 3 aromatic rings. The first kappa shape index (κ1) is 13.8. The highest BCUT2D eigenvalue weighted by atomic mass is 19.1. The second-order valence-corrected chi connectivity index (χ2v) is 5.39. The van der Waals surface area contributed by atoms with Crippen molar-refractivity contribution in [3.63, 3.8) is 0 Å². The molecular formula is C19H17FO. The van der Waals surface area contributed by atoms with Crippen LogP contribution in [0.1, 0.15) is 28.4 Å². The van der Waals surface area contributed by atoms with Crippen LogP contribution in [0, 0.1) is 19.7 Å². The van der Waals surface area contributed by atoms with Crippen molar-refractivity contribution < 1.29 is 9.50 Å². The van der Waals surface area contributed by atoms with Crippen LogP contribution in [0.25, 0.3) is 10.8 Å². The minimum Gasteiger partial charge on any atom is -0.384 e. The van der Waals surface area contributed by atoms with Crippen LogP contribution in [0.4, 0.5) is 4.39 Å². The molecule has 1 nitrogen and oxygen atoms in total. The van der Waals surface area contributed by atoms with E-state index in [-0.39, 0.29) is 5.82 Å². The van der Waals surface area contributed by atoms with Crippen molar-refractivity contribution in [2.24, 2.45) is 0 Å². The number of fused-ring (bicyclic) bond motifs is 1. The Kier molecular flexibility index (Phi) is 3.48. The lowest BCUT2D eigenvalue weighted by molar-refractivity contribution is 0.220. The minimum absolute atomic E-state index is 0.261. The summed E-state index contributed by atoms with van der Waals surface area (Å²) < 4.78 is 13.9. The number of rotatable bonds is 2. The molecule has 1 unspecified atom stereocenters. The summed E-state index contributed by atoms with van der Waals surface area (Å²) in [6, 6.07) is 16.3. The molecule has 0 aliphatic heterocycles. The van der Waals surface area contributed by atoms with Gasteiger partial charge in [0.25, 0.3) is 0 Å². The number of aliphatic hydroxyl groups is 1. The second-order valence-electron chi connectivity index (χ2n) is 5.39. The molecule has 3 aromatic carbocycles. The van der Waals surface area contributed by atoms with Crippen molar-refractivity contribution >= 4 is 10.8 Å². The molecule has 0 radical (unpaired) electrons. The molecule has 0 bridgehead atoms. The summed E-state index contributed by atoms with van der Waals surface area (Å²) in [7, 11) is 0. The predicted octanol–water partition coefficient (Wildman–Crippen LogP) is 4.68. The van der Waals surface area contributed by atoms with E-state index in [1.54, 1.807) is 18.2 Å². The number of halogens is 1. The van der Waals surface area contributed by atoms with Crippen LogP contribution in [0.3, 0.4) is 0 Å². The highest BCUT2D eigenvalue weighted by molar-refractivity contribution is 5.87. The number of benzene rings is 3. The Morgan fingerprint density at radius 3 is 2.10 bits per heavy atom. The van der Waals surface area contributed by atoms with Crippen LogP contribution in [0.15, 0.2) is 54.6 Å². The van der Waals surface area contributed by atoms with Gasteiger partial charge in [0.1, 0.15) is 11.9 Å². The van der Waals surface area contributed by atoms with Gasteiger partial charge in [0.2, 0.25) is 0 Å². The molecule has 2 heteroatoms. The Bertz CT molecular complexity index is 788. The molecule has 0 fully saturated rings. The molecule has 1 atom stereocenters. The van der Waals surface area contributed by atoms with Gasteiger partial charge in [-0.1, -0.05) is 48.5 Å². The molecule has 0 aliphatic rings. The number of hydrogen-bond acceptors (Lipinski definition) is 1. The van der Waals surface area contributed by atoms with Crippen molar-refractivity contribution in [2.75, 3.05) is 0 Å². The third kappa shape index (κ3) is 2.32. The van der Waals surface area contributed by atoms with Crippen LogP contribution >= 0.6 is 0 Å². The van der Waals surface area contributed by atoms with Crippen LogP contribution < -0.4 is 0 Å². The molecule has 0 saturated carbocycles. The van der Waals surface area contributed by atoms with Crippen LogP contribution in [0.2, 0.25) is 0 Å². The van der Waals surface area contributed by atoms with Crippen molar-refractivity contribution in [1.29, 1.82) is 0 Å². The fourth-order valence-electron chi connectivity index (χ4n) is 2.94. The topological polar surface area (TPSA) is 20.2 Å². The van der Waals surface area contributed by atoms with E-state index in [4.69, 9.17) is 0 Å². The van der Waals surface area contributed by atoms with Crippen LogP contribution in [0.5, 0.6) is 0 Å². The zero-order chi connectivity index (χ0) is 15.0. The smallest absolute Gasteiger partial charge is 0.131 e. The minimum atomic E-state index is -0.753. The Morgan fingerprint density at radius 2 is 1.43 bits per heavy atom. The van der Waals surface area contributed by atoms with Gasteiger partial charge in [0.05, 0.1) is 0 Å². The summed E-state index contributed by atoms with van der Waals surface area (Å²) in [5.74, 6) is -0.261. The quantitative estimate of drug-likeness (QED) is 0.722. The fourth-order valence-corrected chi connectivity index (χ4v) is 2.94. The maximum atomic E-state index is 13.9. The third-order valence-electron chi connectivity index (χ3n) is 4.01.